The first-order chi connectivity index (χ1) is 15.8. The van der Waals surface area contributed by atoms with Crippen LogP contribution in [-0.4, -0.2) is 74.1 Å². The van der Waals surface area contributed by atoms with Crippen LogP contribution in [0, 0.1) is 12.7 Å². The maximum atomic E-state index is 14.3. The number of ether oxygens (including phenoxy) is 1. The van der Waals surface area contributed by atoms with E-state index in [9.17, 15) is 19.1 Å². The van der Waals surface area contributed by atoms with Crippen LogP contribution in [0.4, 0.5) is 20.8 Å². The molecule has 3 aromatic rings. The van der Waals surface area contributed by atoms with Crippen molar-refractivity contribution in [2.75, 3.05) is 37.0 Å². The number of amides is 2. The van der Waals surface area contributed by atoms with E-state index in [-0.39, 0.29) is 35.4 Å². The van der Waals surface area contributed by atoms with Crippen molar-refractivity contribution in [2.24, 2.45) is 0 Å². The van der Waals surface area contributed by atoms with Crippen LogP contribution in [-0.2, 0) is 0 Å². The fourth-order valence-corrected chi connectivity index (χ4v) is 3.75. The van der Waals surface area contributed by atoms with Crippen LogP contribution < -0.4 is 15.0 Å². The average Bonchev–Trinajstić information content (AvgIpc) is 3.40. The van der Waals surface area contributed by atoms with Gasteiger partial charge in [-0.25, -0.2) is 19.2 Å². The molecule has 11 nitrogen and oxygen atoms in total. The third-order valence-electron chi connectivity index (χ3n) is 5.45. The number of nitrogens with zero attached hydrogens (tertiary/aromatic N) is 6. The number of carbonyl (C=O) groups is 2. The fourth-order valence-electron chi connectivity index (χ4n) is 3.75. The molecule has 174 valence electrons. The van der Waals surface area contributed by atoms with Gasteiger partial charge in [-0.15, -0.1) is 0 Å². The first-order valence-corrected chi connectivity index (χ1v) is 10.4. The summed E-state index contributed by atoms with van der Waals surface area (Å²) < 4.78 is 21.4. The molecule has 4 rings (SSSR count). The number of imidazole rings is 1. The van der Waals surface area contributed by atoms with Crippen LogP contribution in [0.2, 0.25) is 0 Å². The molecule has 4 heterocycles. The van der Waals surface area contributed by atoms with E-state index in [2.05, 4.69) is 20.3 Å². The lowest BCUT2D eigenvalue weighted by atomic mass is 10.2. The summed E-state index contributed by atoms with van der Waals surface area (Å²) in [6.45, 7) is 4.80. The topological polar surface area (TPSA) is 125 Å². The number of aryl methyl sites for hydroxylation is 1. The third-order valence-corrected chi connectivity index (χ3v) is 5.45. The molecule has 3 aromatic heterocycles. The van der Waals surface area contributed by atoms with E-state index in [1.807, 2.05) is 4.90 Å². The monoisotopic (exact) mass is 457 g/mol. The van der Waals surface area contributed by atoms with E-state index in [1.165, 1.54) is 28.6 Å². The van der Waals surface area contributed by atoms with Crippen molar-refractivity contribution in [1.29, 1.82) is 0 Å². The molecule has 0 saturated carbocycles. The summed E-state index contributed by atoms with van der Waals surface area (Å²) >= 11 is 0. The number of fused-ring (bicyclic) bond motifs is 1. The molecule has 0 aliphatic carbocycles. The van der Waals surface area contributed by atoms with Gasteiger partial charge in [-0.05, 0) is 20.3 Å². The lowest BCUT2D eigenvalue weighted by Gasteiger charge is -2.22. The molecule has 12 heteroatoms. The zero-order valence-corrected chi connectivity index (χ0v) is 18.4. The van der Waals surface area contributed by atoms with E-state index >= 15 is 0 Å². The van der Waals surface area contributed by atoms with Crippen LogP contribution >= 0.6 is 0 Å². The Bertz CT molecular complexity index is 1210. The van der Waals surface area contributed by atoms with Gasteiger partial charge < -0.3 is 29.4 Å². The summed E-state index contributed by atoms with van der Waals surface area (Å²) in [6.07, 6.45) is 4.22. The number of anilines is 2. The summed E-state index contributed by atoms with van der Waals surface area (Å²) in [6, 6.07) is 1.01. The number of halogens is 1. The Morgan fingerprint density at radius 1 is 1.36 bits per heavy atom. The minimum absolute atomic E-state index is 0.0927. The normalized spacial score (nSPS) is 15.6. The quantitative estimate of drug-likeness (QED) is 0.578. The number of rotatable bonds is 6. The van der Waals surface area contributed by atoms with Gasteiger partial charge in [-0.1, -0.05) is 0 Å². The van der Waals surface area contributed by atoms with Crippen LogP contribution in [0.25, 0.3) is 5.65 Å². The largest absolute Gasteiger partial charge is 0.477 e. The molecule has 2 N–H and O–H groups in total. The molecule has 1 aliphatic heterocycles. The molecule has 33 heavy (non-hydrogen) atoms. The first-order valence-electron chi connectivity index (χ1n) is 10.4. The number of nitrogens with one attached hydrogen (secondary N) is 1. The average molecular weight is 457 g/mol. The smallest absolute Gasteiger partial charge is 0.407 e. The van der Waals surface area contributed by atoms with E-state index in [0.717, 1.165) is 0 Å². The van der Waals surface area contributed by atoms with Crippen LogP contribution in [0.1, 0.15) is 29.4 Å². The van der Waals surface area contributed by atoms with Gasteiger partial charge in [0.05, 0.1) is 24.0 Å². The van der Waals surface area contributed by atoms with Gasteiger partial charge in [0.15, 0.2) is 11.5 Å². The molecule has 1 atom stereocenters. The maximum absolute atomic E-state index is 14.3. The van der Waals surface area contributed by atoms with Gasteiger partial charge in [-0.2, -0.15) is 4.98 Å². The molecule has 1 saturated heterocycles. The molecule has 2 amide bonds. The zero-order valence-electron chi connectivity index (χ0n) is 18.4. The van der Waals surface area contributed by atoms with E-state index in [0.29, 0.717) is 31.2 Å². The van der Waals surface area contributed by atoms with Crippen molar-refractivity contribution in [3.05, 3.63) is 41.7 Å². The van der Waals surface area contributed by atoms with Crippen LogP contribution in [0.3, 0.4) is 0 Å². The highest BCUT2D eigenvalue weighted by molar-refractivity contribution is 6.05. The van der Waals surface area contributed by atoms with Crippen molar-refractivity contribution < 1.29 is 23.8 Å². The highest BCUT2D eigenvalue weighted by Gasteiger charge is 2.30. The lowest BCUT2D eigenvalue weighted by Crippen LogP contribution is -2.38. The van der Waals surface area contributed by atoms with E-state index in [4.69, 9.17) is 4.74 Å². The molecule has 0 aromatic carbocycles. The number of carboxylic acid groups (broad SMARTS) is 1. The first kappa shape index (κ1) is 22.2. The molecule has 0 spiro atoms. The molecule has 0 radical (unpaired) electrons. The van der Waals surface area contributed by atoms with Gasteiger partial charge in [0.1, 0.15) is 5.56 Å². The SMILES string of the molecule is CCOc1nc(N2CCC(N(C)C(=O)O)C2)ncc1C(=O)Nc1cc(F)c2nc(C)cn2c1. The molecule has 0 bridgehead atoms. The lowest BCUT2D eigenvalue weighted by molar-refractivity contribution is 0.102. The Morgan fingerprint density at radius 2 is 2.15 bits per heavy atom. The third kappa shape index (κ3) is 4.49. The fraction of sp³-hybridized carbons (Fsp3) is 0.381. The summed E-state index contributed by atoms with van der Waals surface area (Å²) in [7, 11) is 1.53. The number of aromatic nitrogens is 4. The highest BCUT2D eigenvalue weighted by Crippen LogP contribution is 2.25. The van der Waals surface area contributed by atoms with Gasteiger partial charge in [0.25, 0.3) is 5.91 Å². The summed E-state index contributed by atoms with van der Waals surface area (Å²) in [4.78, 5) is 40.0. The second-order valence-electron chi connectivity index (χ2n) is 7.75. The Labute approximate surface area is 188 Å². The van der Waals surface area contributed by atoms with Crippen LogP contribution in [0.15, 0.2) is 24.7 Å². The summed E-state index contributed by atoms with van der Waals surface area (Å²) in [5.41, 5.74) is 1.17. The van der Waals surface area contributed by atoms with Gasteiger partial charge in [-0.3, -0.25) is 4.79 Å². The summed E-state index contributed by atoms with van der Waals surface area (Å²) in [5, 5.41) is 11.8. The van der Waals surface area contributed by atoms with Crippen molar-refractivity contribution in [1.82, 2.24) is 24.3 Å². The number of pyridine rings is 1. The van der Waals surface area contributed by atoms with Crippen molar-refractivity contribution in [3.63, 3.8) is 0 Å². The minimum atomic E-state index is -0.995. The highest BCUT2D eigenvalue weighted by atomic mass is 19.1. The van der Waals surface area contributed by atoms with Gasteiger partial charge >= 0.3 is 6.09 Å². The predicted octanol–water partition coefficient (Wildman–Crippen LogP) is 2.41. The van der Waals surface area contributed by atoms with Gasteiger partial charge in [0.2, 0.25) is 11.8 Å². The maximum Gasteiger partial charge on any atom is 0.407 e. The number of hydrogen-bond donors (Lipinski definition) is 2. The Kier molecular flexibility index (Phi) is 5.99. The molecule has 1 unspecified atom stereocenters. The molecule has 1 fully saturated rings. The molecular formula is C21H24FN7O4. The van der Waals surface area contributed by atoms with Crippen molar-refractivity contribution in [3.8, 4) is 5.88 Å². The minimum Gasteiger partial charge on any atom is -0.477 e. The Hall–Kier alpha value is -3.96. The number of likely N-dealkylation sites (N-methyl/N-ethyl adjacent to an activating group) is 1. The van der Waals surface area contributed by atoms with E-state index in [1.54, 1.807) is 26.2 Å². The van der Waals surface area contributed by atoms with Crippen LogP contribution in [0.5, 0.6) is 5.88 Å². The number of carbonyl (C=O) groups excluding carboxylic acids is 1. The summed E-state index contributed by atoms with van der Waals surface area (Å²) in [5.74, 6) is -0.675. The molecular weight excluding hydrogens is 433 g/mol. The Morgan fingerprint density at radius 3 is 2.88 bits per heavy atom. The van der Waals surface area contributed by atoms with Crippen molar-refractivity contribution in [2.45, 2.75) is 26.3 Å². The van der Waals surface area contributed by atoms with E-state index < -0.39 is 17.8 Å². The zero-order chi connectivity index (χ0) is 23.7. The second kappa shape index (κ2) is 8.88. The van der Waals surface area contributed by atoms with Gasteiger partial charge in [0, 0.05) is 44.8 Å². The molecule has 1 aliphatic rings. The Balaban J connectivity index is 1.55. The number of hydrogen-bond acceptors (Lipinski definition) is 7. The second-order valence-corrected chi connectivity index (χ2v) is 7.75. The van der Waals surface area contributed by atoms with Crippen molar-refractivity contribution >= 4 is 29.3 Å². The predicted molar refractivity (Wildman–Crippen MR) is 117 cm³/mol. The standard InChI is InChI=1S/C21H24FN7O4/c1-4-33-19-15(8-23-20(26-19)28-6-5-14(11-28)27(3)21(31)32)18(30)25-13-7-16(22)17-24-12(2)9-29(17)10-13/h7-10,14H,4-6,11H2,1-3H3,(H,25,30)(H,31,32).